The van der Waals surface area contributed by atoms with Crippen molar-refractivity contribution in [3.8, 4) is 17.2 Å². The number of para-hydroxylation sites is 1. The van der Waals surface area contributed by atoms with E-state index in [1.165, 1.54) is 6.42 Å². The Hall–Kier alpha value is -2.49. The fraction of sp³-hybridized carbons (Fsp3) is 0.381. The molecule has 0 spiro atoms. The van der Waals surface area contributed by atoms with Crippen molar-refractivity contribution in [3.05, 3.63) is 54.6 Å². The van der Waals surface area contributed by atoms with Gasteiger partial charge in [-0.15, -0.1) is 0 Å². The highest BCUT2D eigenvalue weighted by Gasteiger charge is 2.28. The van der Waals surface area contributed by atoms with E-state index < -0.39 is 0 Å². The quantitative estimate of drug-likeness (QED) is 0.796. The van der Waals surface area contributed by atoms with Gasteiger partial charge in [0.25, 0.3) is 5.91 Å². The summed E-state index contributed by atoms with van der Waals surface area (Å²) < 4.78 is 11.5. The average Bonchev–Trinajstić information content (AvgIpc) is 2.61. The number of amides is 1. The van der Waals surface area contributed by atoms with Gasteiger partial charge >= 0.3 is 0 Å². The van der Waals surface area contributed by atoms with Gasteiger partial charge in [-0.25, -0.2) is 0 Å². The van der Waals surface area contributed by atoms with Crippen LogP contribution >= 0.6 is 0 Å². The molecule has 1 aliphatic rings. The second-order valence-electron chi connectivity index (χ2n) is 6.61. The van der Waals surface area contributed by atoms with Crippen molar-refractivity contribution in [2.45, 2.75) is 45.2 Å². The van der Waals surface area contributed by atoms with Crippen LogP contribution in [0.4, 0.5) is 0 Å². The fourth-order valence-electron chi connectivity index (χ4n) is 3.38. The molecule has 1 amide bonds. The van der Waals surface area contributed by atoms with E-state index in [9.17, 15) is 4.79 Å². The molecule has 1 fully saturated rings. The van der Waals surface area contributed by atoms with Gasteiger partial charge in [-0.3, -0.25) is 4.79 Å². The molecule has 0 N–H and O–H groups in total. The Bertz CT molecular complexity index is 691. The molecule has 2 aromatic rings. The van der Waals surface area contributed by atoms with Gasteiger partial charge in [0.1, 0.15) is 17.2 Å². The number of carbonyl (C=O) groups excluding carboxylic acids is 1. The molecular formula is C21H25NO3. The molecule has 1 aliphatic heterocycles. The molecule has 1 heterocycles. The molecule has 2 atom stereocenters. The number of benzene rings is 2. The summed E-state index contributed by atoms with van der Waals surface area (Å²) >= 11 is 0. The average molecular weight is 339 g/mol. The lowest BCUT2D eigenvalue weighted by molar-refractivity contribution is -0.139. The first-order valence-corrected chi connectivity index (χ1v) is 8.90. The molecule has 3 rings (SSSR count). The van der Waals surface area contributed by atoms with E-state index in [1.54, 1.807) is 0 Å². The lowest BCUT2D eigenvalue weighted by Crippen LogP contribution is -2.49. The Morgan fingerprint density at radius 2 is 1.60 bits per heavy atom. The van der Waals surface area contributed by atoms with Crippen LogP contribution < -0.4 is 9.47 Å². The van der Waals surface area contributed by atoms with Crippen molar-refractivity contribution < 1.29 is 14.3 Å². The predicted octanol–water partition coefficient (Wildman–Crippen LogP) is 4.65. The van der Waals surface area contributed by atoms with E-state index in [4.69, 9.17) is 9.47 Å². The van der Waals surface area contributed by atoms with E-state index in [0.29, 0.717) is 11.5 Å². The zero-order valence-corrected chi connectivity index (χ0v) is 14.9. The summed E-state index contributed by atoms with van der Waals surface area (Å²) in [5.74, 6) is 2.15. The van der Waals surface area contributed by atoms with Crippen LogP contribution in [-0.4, -0.2) is 29.5 Å². The maximum Gasteiger partial charge on any atom is 0.260 e. The highest BCUT2D eigenvalue weighted by molar-refractivity contribution is 5.78. The van der Waals surface area contributed by atoms with Crippen LogP contribution in [-0.2, 0) is 4.79 Å². The van der Waals surface area contributed by atoms with Gasteiger partial charge in [0.05, 0.1) is 0 Å². The fourth-order valence-corrected chi connectivity index (χ4v) is 3.38. The zero-order chi connectivity index (χ0) is 17.6. The highest BCUT2D eigenvalue weighted by Crippen LogP contribution is 2.26. The number of hydrogen-bond donors (Lipinski definition) is 0. The van der Waals surface area contributed by atoms with E-state index in [1.807, 2.05) is 59.5 Å². The Kier molecular flexibility index (Phi) is 5.59. The standard InChI is InChI=1S/C21H25NO3/c1-16-8-6-9-17(2)22(16)21(23)15-24-19-12-7-13-20(14-19)25-18-10-4-3-5-11-18/h3-5,7,10-14,16-17H,6,8-9,15H2,1-2H3. The maximum atomic E-state index is 12.5. The summed E-state index contributed by atoms with van der Waals surface area (Å²) in [6, 6.07) is 17.6. The van der Waals surface area contributed by atoms with Gasteiger partial charge in [0, 0.05) is 18.2 Å². The minimum atomic E-state index is 0.0501. The van der Waals surface area contributed by atoms with Crippen LogP contribution in [0.1, 0.15) is 33.1 Å². The lowest BCUT2D eigenvalue weighted by atomic mass is 9.97. The zero-order valence-electron chi connectivity index (χ0n) is 14.9. The number of ether oxygens (including phenoxy) is 2. The number of nitrogens with zero attached hydrogens (tertiary/aromatic N) is 1. The van der Waals surface area contributed by atoms with E-state index in [2.05, 4.69) is 13.8 Å². The third-order valence-corrected chi connectivity index (χ3v) is 4.63. The van der Waals surface area contributed by atoms with Crippen LogP contribution in [0, 0.1) is 0 Å². The molecule has 132 valence electrons. The van der Waals surface area contributed by atoms with Crippen LogP contribution in [0.5, 0.6) is 17.2 Å². The normalized spacial score (nSPS) is 20.2. The molecule has 4 nitrogen and oxygen atoms in total. The minimum Gasteiger partial charge on any atom is -0.484 e. The summed E-state index contributed by atoms with van der Waals surface area (Å²) in [5, 5.41) is 0. The Morgan fingerprint density at radius 1 is 0.960 bits per heavy atom. The minimum absolute atomic E-state index is 0.0501. The largest absolute Gasteiger partial charge is 0.484 e. The number of carbonyl (C=O) groups is 1. The third kappa shape index (κ3) is 4.53. The summed E-state index contributed by atoms with van der Waals surface area (Å²) in [4.78, 5) is 14.5. The molecule has 0 saturated carbocycles. The van der Waals surface area contributed by atoms with E-state index >= 15 is 0 Å². The molecule has 0 aliphatic carbocycles. The molecule has 4 heteroatoms. The summed E-state index contributed by atoms with van der Waals surface area (Å²) in [7, 11) is 0. The van der Waals surface area contributed by atoms with Crippen molar-refractivity contribution in [3.63, 3.8) is 0 Å². The van der Waals surface area contributed by atoms with Crippen molar-refractivity contribution in [1.29, 1.82) is 0 Å². The first-order chi connectivity index (χ1) is 12.1. The predicted molar refractivity (Wildman–Crippen MR) is 98.1 cm³/mol. The first kappa shape index (κ1) is 17.3. The third-order valence-electron chi connectivity index (χ3n) is 4.63. The van der Waals surface area contributed by atoms with Crippen LogP contribution in [0.25, 0.3) is 0 Å². The maximum absolute atomic E-state index is 12.5. The Morgan fingerprint density at radius 3 is 2.32 bits per heavy atom. The summed E-state index contributed by atoms with van der Waals surface area (Å²) in [6.07, 6.45) is 3.32. The smallest absolute Gasteiger partial charge is 0.260 e. The SMILES string of the molecule is CC1CCCC(C)N1C(=O)COc1cccc(Oc2ccccc2)c1. The van der Waals surface area contributed by atoms with Crippen LogP contribution in [0.2, 0.25) is 0 Å². The molecule has 0 radical (unpaired) electrons. The number of hydrogen-bond acceptors (Lipinski definition) is 3. The van der Waals surface area contributed by atoms with Gasteiger partial charge in [-0.05, 0) is 57.4 Å². The Labute approximate surface area is 149 Å². The molecular weight excluding hydrogens is 314 g/mol. The Balaban J connectivity index is 1.59. The van der Waals surface area contributed by atoms with Crippen molar-refractivity contribution >= 4 is 5.91 Å². The van der Waals surface area contributed by atoms with Crippen LogP contribution in [0.15, 0.2) is 54.6 Å². The van der Waals surface area contributed by atoms with Gasteiger partial charge in [0.2, 0.25) is 0 Å². The highest BCUT2D eigenvalue weighted by atomic mass is 16.5. The number of rotatable bonds is 5. The number of piperidine rings is 1. The topological polar surface area (TPSA) is 38.8 Å². The summed E-state index contributed by atoms with van der Waals surface area (Å²) in [5.41, 5.74) is 0. The van der Waals surface area contributed by atoms with Gasteiger partial charge < -0.3 is 14.4 Å². The van der Waals surface area contributed by atoms with Crippen molar-refractivity contribution in [2.24, 2.45) is 0 Å². The molecule has 25 heavy (non-hydrogen) atoms. The monoisotopic (exact) mass is 339 g/mol. The lowest BCUT2D eigenvalue weighted by Gasteiger charge is -2.38. The second kappa shape index (κ2) is 8.06. The molecule has 1 saturated heterocycles. The number of likely N-dealkylation sites (tertiary alicyclic amines) is 1. The van der Waals surface area contributed by atoms with Crippen molar-refractivity contribution in [2.75, 3.05) is 6.61 Å². The molecule has 0 bridgehead atoms. The van der Waals surface area contributed by atoms with Gasteiger partial charge in [-0.2, -0.15) is 0 Å². The van der Waals surface area contributed by atoms with E-state index in [0.717, 1.165) is 18.6 Å². The first-order valence-electron chi connectivity index (χ1n) is 8.90. The van der Waals surface area contributed by atoms with Crippen LogP contribution in [0.3, 0.4) is 0 Å². The molecule has 2 unspecified atom stereocenters. The molecule has 0 aromatic heterocycles. The second-order valence-corrected chi connectivity index (χ2v) is 6.61. The summed E-state index contributed by atoms with van der Waals surface area (Å²) in [6.45, 7) is 4.28. The van der Waals surface area contributed by atoms with Gasteiger partial charge in [0.15, 0.2) is 6.61 Å². The van der Waals surface area contributed by atoms with Gasteiger partial charge in [-0.1, -0.05) is 24.3 Å². The van der Waals surface area contributed by atoms with Crippen molar-refractivity contribution in [1.82, 2.24) is 4.90 Å². The molecule has 2 aromatic carbocycles. The van der Waals surface area contributed by atoms with E-state index in [-0.39, 0.29) is 24.6 Å².